The number of hydrogen-bond acceptors (Lipinski definition) is 10. The number of methoxy groups -OCH3 is 1. The number of nitrogens with zero attached hydrogens (tertiary/aromatic N) is 4. The third-order valence-electron chi connectivity index (χ3n) is 8.44. The largest absolute Gasteiger partial charge is 0.485 e. The van der Waals surface area contributed by atoms with Crippen molar-refractivity contribution in [2.75, 3.05) is 57.2 Å². The molecule has 0 saturated heterocycles. The van der Waals surface area contributed by atoms with Crippen LogP contribution in [0.15, 0.2) is 35.1 Å². The van der Waals surface area contributed by atoms with Crippen LogP contribution in [0.2, 0.25) is 0 Å². The molecule has 1 aliphatic carbocycles. The molecule has 0 spiro atoms. The second kappa shape index (κ2) is 14.2. The molecule has 11 nitrogen and oxygen atoms in total. The highest BCUT2D eigenvalue weighted by Gasteiger charge is 2.23. The minimum absolute atomic E-state index is 0.164. The molecular formula is C32H44N6O5. The molecule has 1 fully saturated rings. The highest BCUT2D eigenvalue weighted by molar-refractivity contribution is 5.95. The van der Waals surface area contributed by atoms with E-state index in [9.17, 15) is 9.90 Å². The van der Waals surface area contributed by atoms with Crippen molar-refractivity contribution in [3.05, 3.63) is 64.4 Å². The predicted molar refractivity (Wildman–Crippen MR) is 165 cm³/mol. The smallest absolute Gasteiger partial charge is 0.251 e. The summed E-state index contributed by atoms with van der Waals surface area (Å²) in [6, 6.07) is 8.08. The van der Waals surface area contributed by atoms with Gasteiger partial charge in [0.2, 0.25) is 0 Å². The summed E-state index contributed by atoms with van der Waals surface area (Å²) in [5.41, 5.74) is 5.01. The molecule has 1 saturated carbocycles. The summed E-state index contributed by atoms with van der Waals surface area (Å²) in [7, 11) is 3.60. The van der Waals surface area contributed by atoms with E-state index < -0.39 is 6.10 Å². The van der Waals surface area contributed by atoms with E-state index in [2.05, 4.69) is 33.5 Å². The minimum Gasteiger partial charge on any atom is -0.485 e. The molecule has 2 aromatic heterocycles. The van der Waals surface area contributed by atoms with Crippen molar-refractivity contribution < 1.29 is 23.8 Å². The molecule has 1 aliphatic heterocycles. The van der Waals surface area contributed by atoms with Crippen LogP contribution in [0, 0.1) is 13.8 Å². The van der Waals surface area contributed by atoms with Gasteiger partial charge in [-0.25, -0.2) is 9.97 Å². The fraction of sp³-hybridized carbons (Fsp3) is 0.531. The Morgan fingerprint density at radius 1 is 1.28 bits per heavy atom. The number of carbonyl (C=O) groups excluding carboxylic acids is 1. The third-order valence-corrected chi connectivity index (χ3v) is 8.44. The van der Waals surface area contributed by atoms with E-state index in [1.54, 1.807) is 19.2 Å². The Morgan fingerprint density at radius 3 is 2.84 bits per heavy atom. The highest BCUT2D eigenvalue weighted by Crippen LogP contribution is 2.30. The lowest BCUT2D eigenvalue weighted by Gasteiger charge is -2.31. The van der Waals surface area contributed by atoms with E-state index in [4.69, 9.17) is 18.9 Å². The maximum atomic E-state index is 13.2. The Bertz CT molecular complexity index is 1390. The van der Waals surface area contributed by atoms with Crippen LogP contribution < -0.4 is 20.3 Å². The Morgan fingerprint density at radius 2 is 2.12 bits per heavy atom. The van der Waals surface area contributed by atoms with Gasteiger partial charge in [0.05, 0.1) is 18.4 Å². The Kier molecular flexibility index (Phi) is 10.2. The van der Waals surface area contributed by atoms with Crippen molar-refractivity contribution >= 4 is 17.5 Å². The van der Waals surface area contributed by atoms with Crippen molar-refractivity contribution in [3.63, 3.8) is 0 Å². The van der Waals surface area contributed by atoms with Crippen molar-refractivity contribution in [2.24, 2.45) is 0 Å². The molecule has 232 valence electrons. The third kappa shape index (κ3) is 7.84. The van der Waals surface area contributed by atoms with Gasteiger partial charge in [-0.05, 0) is 74.4 Å². The second-order valence-electron chi connectivity index (χ2n) is 11.6. The Hall–Kier alpha value is -3.67. The quantitative estimate of drug-likeness (QED) is 0.256. The molecule has 1 aromatic carbocycles. The molecule has 0 radical (unpaired) electrons. The number of pyridine rings is 1. The number of fused-ring (bicyclic) bond motifs is 1. The standard InChI is InChI=1S/C32H44N6O5/c1-21-27-10-11-38(17-23(27)8-9-28(21)42-19-29-22(2)34-20-43-29)18-26(39)16-33-32(40)24-14-30(35-25-6-5-7-25)36-31(15-24)37(3)12-13-41-4/h8-9,14-15,20,25-26,39H,5-7,10-13,16-19H2,1-4H3,(H,33,40)(H,35,36)/t26-/m0/s1. The summed E-state index contributed by atoms with van der Waals surface area (Å²) in [5, 5.41) is 17.2. The first-order chi connectivity index (χ1) is 20.8. The van der Waals surface area contributed by atoms with Crippen LogP contribution in [0.5, 0.6) is 5.75 Å². The number of ether oxygens (including phenoxy) is 2. The lowest BCUT2D eigenvalue weighted by atomic mass is 9.93. The Balaban J connectivity index is 1.15. The van der Waals surface area contributed by atoms with E-state index in [0.29, 0.717) is 49.5 Å². The molecule has 0 bridgehead atoms. The number of benzene rings is 1. The fourth-order valence-electron chi connectivity index (χ4n) is 5.49. The lowest BCUT2D eigenvalue weighted by Crippen LogP contribution is -2.42. The molecule has 0 unspecified atom stereocenters. The number of anilines is 2. The second-order valence-corrected chi connectivity index (χ2v) is 11.6. The number of β-amino-alcohol motifs (C(OH)–C–C–N with tert-alkyl or cyclic N) is 1. The van der Waals surface area contributed by atoms with Gasteiger partial charge in [-0.3, -0.25) is 9.69 Å². The number of aryl methyl sites for hydroxylation is 1. The number of likely N-dealkylation sites (N-methyl/N-ethyl adjacent to an activating group) is 1. The van der Waals surface area contributed by atoms with Crippen LogP contribution in [0.4, 0.5) is 11.6 Å². The fourth-order valence-corrected chi connectivity index (χ4v) is 5.49. The van der Waals surface area contributed by atoms with Crippen LogP contribution in [0.25, 0.3) is 0 Å². The average Bonchev–Trinajstić information content (AvgIpc) is 3.40. The van der Waals surface area contributed by atoms with Gasteiger partial charge in [0.25, 0.3) is 5.91 Å². The minimum atomic E-state index is -0.697. The number of rotatable bonds is 14. The zero-order chi connectivity index (χ0) is 30.3. The number of amides is 1. The van der Waals surface area contributed by atoms with E-state index in [-0.39, 0.29) is 12.5 Å². The van der Waals surface area contributed by atoms with Crippen LogP contribution >= 0.6 is 0 Å². The maximum absolute atomic E-state index is 13.2. The molecule has 1 atom stereocenters. The summed E-state index contributed by atoms with van der Waals surface area (Å²) >= 11 is 0. The molecule has 5 rings (SSSR count). The van der Waals surface area contributed by atoms with Crippen LogP contribution in [0.3, 0.4) is 0 Å². The molecule has 1 amide bonds. The van der Waals surface area contributed by atoms with Gasteiger partial charge in [0.15, 0.2) is 12.2 Å². The SMILES string of the molecule is COCCN(C)c1cc(C(=O)NC[C@H](O)CN2CCc3c(ccc(OCc4ocnc4C)c3C)C2)cc(NC2CCC2)n1. The normalized spacial score (nSPS) is 15.8. The number of carbonyl (C=O) groups is 1. The van der Waals surface area contributed by atoms with Gasteiger partial charge < -0.3 is 34.5 Å². The zero-order valence-electron chi connectivity index (χ0n) is 25.7. The molecule has 11 heteroatoms. The molecule has 2 aliphatic rings. The predicted octanol–water partition coefficient (Wildman–Crippen LogP) is 3.46. The molecule has 43 heavy (non-hydrogen) atoms. The van der Waals surface area contributed by atoms with Crippen molar-refractivity contribution in [2.45, 2.75) is 64.8 Å². The number of aromatic nitrogens is 2. The van der Waals surface area contributed by atoms with Crippen molar-refractivity contribution in [1.82, 2.24) is 20.2 Å². The first kappa shape index (κ1) is 30.8. The summed E-state index contributed by atoms with van der Waals surface area (Å²) in [5.74, 6) is 2.75. The maximum Gasteiger partial charge on any atom is 0.251 e. The number of oxazole rings is 1. The Labute approximate surface area is 253 Å². The van der Waals surface area contributed by atoms with Gasteiger partial charge in [-0.2, -0.15) is 0 Å². The van der Waals surface area contributed by atoms with Gasteiger partial charge >= 0.3 is 0 Å². The van der Waals surface area contributed by atoms with Crippen molar-refractivity contribution in [3.8, 4) is 5.75 Å². The summed E-state index contributed by atoms with van der Waals surface area (Å²) < 4.78 is 16.6. The molecular weight excluding hydrogens is 548 g/mol. The first-order valence-electron chi connectivity index (χ1n) is 15.1. The van der Waals surface area contributed by atoms with Crippen LogP contribution in [-0.2, 0) is 24.3 Å². The monoisotopic (exact) mass is 592 g/mol. The molecule has 3 aromatic rings. The van der Waals surface area contributed by atoms with Crippen LogP contribution in [0.1, 0.15) is 57.8 Å². The van der Waals surface area contributed by atoms with E-state index in [1.165, 1.54) is 23.9 Å². The van der Waals surface area contributed by atoms with E-state index in [1.807, 2.05) is 24.9 Å². The highest BCUT2D eigenvalue weighted by atomic mass is 16.5. The number of hydrogen-bond donors (Lipinski definition) is 3. The zero-order valence-corrected chi connectivity index (χ0v) is 25.7. The van der Waals surface area contributed by atoms with Crippen molar-refractivity contribution in [1.29, 1.82) is 0 Å². The first-order valence-corrected chi connectivity index (χ1v) is 15.1. The lowest BCUT2D eigenvalue weighted by molar-refractivity contribution is 0.0841. The van der Waals surface area contributed by atoms with Crippen LogP contribution in [-0.4, -0.2) is 85.0 Å². The summed E-state index contributed by atoms with van der Waals surface area (Å²) in [6.45, 7) is 7.75. The molecule has 3 heterocycles. The molecule has 3 N–H and O–H groups in total. The summed E-state index contributed by atoms with van der Waals surface area (Å²) in [4.78, 5) is 26.2. The van der Waals surface area contributed by atoms with Gasteiger partial charge in [-0.1, -0.05) is 6.07 Å². The number of aliphatic hydroxyl groups excluding tert-OH is 1. The number of nitrogens with one attached hydrogen (secondary N) is 2. The van der Waals surface area contributed by atoms with Gasteiger partial charge in [0, 0.05) is 58.5 Å². The number of aliphatic hydroxyl groups is 1. The van der Waals surface area contributed by atoms with Gasteiger partial charge in [0.1, 0.15) is 24.0 Å². The summed E-state index contributed by atoms with van der Waals surface area (Å²) in [6.07, 6.45) is 5.03. The van der Waals surface area contributed by atoms with E-state index in [0.717, 1.165) is 55.1 Å². The van der Waals surface area contributed by atoms with Gasteiger partial charge in [-0.15, -0.1) is 0 Å². The topological polar surface area (TPSA) is 125 Å². The average molecular weight is 593 g/mol. The van der Waals surface area contributed by atoms with E-state index >= 15 is 0 Å².